The van der Waals surface area contributed by atoms with E-state index in [1.165, 1.54) is 12.1 Å². The molecular formula is C30H22F2N2O2. The number of carbonyl (C=O) groups excluding carboxylic acids is 1. The van der Waals surface area contributed by atoms with E-state index in [0.29, 0.717) is 28.9 Å². The van der Waals surface area contributed by atoms with E-state index in [9.17, 15) is 13.6 Å². The molecule has 4 nitrogen and oxygen atoms in total. The Morgan fingerprint density at radius 3 is 2.22 bits per heavy atom. The highest BCUT2D eigenvalue weighted by molar-refractivity contribution is 5.94. The van der Waals surface area contributed by atoms with Gasteiger partial charge in [0, 0.05) is 29.4 Å². The molecule has 0 fully saturated rings. The fourth-order valence-electron chi connectivity index (χ4n) is 5.00. The third kappa shape index (κ3) is 3.67. The van der Waals surface area contributed by atoms with Crippen molar-refractivity contribution < 1.29 is 18.3 Å². The largest absolute Gasteiger partial charge is 0.399 e. The predicted molar refractivity (Wildman–Crippen MR) is 134 cm³/mol. The van der Waals surface area contributed by atoms with E-state index in [0.717, 1.165) is 39.4 Å². The first-order valence-corrected chi connectivity index (χ1v) is 11.6. The number of hydrogen-bond acceptors (Lipinski definition) is 3. The van der Waals surface area contributed by atoms with Gasteiger partial charge in [0.05, 0.1) is 0 Å². The molecule has 0 saturated heterocycles. The van der Waals surface area contributed by atoms with Crippen molar-refractivity contribution in [3.63, 3.8) is 0 Å². The summed E-state index contributed by atoms with van der Waals surface area (Å²) in [5.74, 6) is -1.41. The first-order chi connectivity index (χ1) is 17.4. The summed E-state index contributed by atoms with van der Waals surface area (Å²) < 4.78 is 34.0. The number of amides is 1. The van der Waals surface area contributed by atoms with Gasteiger partial charge in [0.2, 0.25) is 0 Å². The van der Waals surface area contributed by atoms with Gasteiger partial charge in [-0.15, -0.1) is 0 Å². The summed E-state index contributed by atoms with van der Waals surface area (Å²) in [6.45, 7) is 4.10. The van der Waals surface area contributed by atoms with E-state index in [1.807, 2.05) is 60.7 Å². The summed E-state index contributed by atoms with van der Waals surface area (Å²) in [5.41, 5.74) is 13.5. The third-order valence-corrected chi connectivity index (χ3v) is 6.86. The molecule has 0 spiro atoms. The molecule has 2 atom stereocenters. The minimum absolute atomic E-state index is 0.185. The molecule has 6 rings (SSSR count). The zero-order valence-corrected chi connectivity index (χ0v) is 19.2. The Kier molecular flexibility index (Phi) is 5.20. The van der Waals surface area contributed by atoms with Crippen LogP contribution in [0.25, 0.3) is 16.8 Å². The predicted octanol–water partition coefficient (Wildman–Crippen LogP) is 6.01. The topological polar surface area (TPSA) is 64.3 Å². The summed E-state index contributed by atoms with van der Waals surface area (Å²) in [6, 6.07) is 22.4. The number of halogens is 2. The lowest BCUT2D eigenvalue weighted by atomic mass is 9.83. The first kappa shape index (κ1) is 22.2. The zero-order valence-electron chi connectivity index (χ0n) is 19.2. The average molecular weight is 481 g/mol. The molecule has 2 aliphatic heterocycles. The average Bonchev–Trinajstić information content (AvgIpc) is 3.44. The quantitative estimate of drug-likeness (QED) is 0.368. The normalized spacial score (nSPS) is 16.9. The highest BCUT2D eigenvalue weighted by Gasteiger charge is 2.43. The highest BCUT2D eigenvalue weighted by Crippen LogP contribution is 2.54. The van der Waals surface area contributed by atoms with Gasteiger partial charge in [-0.05, 0) is 69.3 Å². The van der Waals surface area contributed by atoms with Gasteiger partial charge in [-0.2, -0.15) is 0 Å². The second kappa shape index (κ2) is 8.43. The number of nitrogens with two attached hydrogens (primary N) is 1. The van der Waals surface area contributed by atoms with Crippen LogP contribution in [0.4, 0.5) is 8.78 Å². The zero-order chi connectivity index (χ0) is 25.0. The van der Waals surface area contributed by atoms with Crippen LogP contribution in [0.5, 0.6) is 0 Å². The maximum atomic E-state index is 14.4. The van der Waals surface area contributed by atoms with Crippen LogP contribution in [0.15, 0.2) is 85.4 Å². The molecule has 0 saturated carbocycles. The Bertz CT molecular complexity index is 1550. The van der Waals surface area contributed by atoms with Gasteiger partial charge in [-0.1, -0.05) is 49.0 Å². The van der Waals surface area contributed by atoms with Crippen LogP contribution in [0.1, 0.15) is 55.9 Å². The van der Waals surface area contributed by atoms with Crippen molar-refractivity contribution in [1.29, 1.82) is 0 Å². The lowest BCUT2D eigenvalue weighted by molar-refractivity contribution is 0.0857. The van der Waals surface area contributed by atoms with Crippen molar-refractivity contribution in [1.82, 2.24) is 5.32 Å². The molecule has 2 bridgehead atoms. The fraction of sp³-hybridized carbons (Fsp3) is 0.100. The van der Waals surface area contributed by atoms with E-state index in [1.54, 1.807) is 0 Å². The molecule has 2 aliphatic rings. The van der Waals surface area contributed by atoms with Gasteiger partial charge in [0.1, 0.15) is 23.8 Å². The number of benzene rings is 4. The summed E-state index contributed by atoms with van der Waals surface area (Å²) in [5, 5.41) is 2.95. The van der Waals surface area contributed by atoms with Gasteiger partial charge in [-0.3, -0.25) is 4.79 Å². The molecule has 178 valence electrons. The molecule has 6 heteroatoms. The van der Waals surface area contributed by atoms with Crippen molar-refractivity contribution in [2.45, 2.75) is 18.8 Å². The van der Waals surface area contributed by atoms with Crippen LogP contribution in [0, 0.1) is 11.6 Å². The van der Waals surface area contributed by atoms with Gasteiger partial charge in [0.15, 0.2) is 0 Å². The molecule has 0 radical (unpaired) electrons. The smallest absolute Gasteiger partial charge is 0.251 e. The summed E-state index contributed by atoms with van der Waals surface area (Å²) >= 11 is 0. The molecule has 3 N–H and O–H groups in total. The monoisotopic (exact) mass is 480 g/mol. The van der Waals surface area contributed by atoms with Crippen LogP contribution in [-0.2, 0) is 11.3 Å². The van der Waals surface area contributed by atoms with Crippen molar-refractivity contribution in [3.05, 3.63) is 136 Å². The van der Waals surface area contributed by atoms with Gasteiger partial charge >= 0.3 is 0 Å². The molecule has 1 amide bonds. The number of carbonyl (C=O) groups is 1. The summed E-state index contributed by atoms with van der Waals surface area (Å²) in [6.07, 6.45) is -0.562. The summed E-state index contributed by atoms with van der Waals surface area (Å²) in [4.78, 5) is 12.9. The minimum atomic E-state index is -0.613. The van der Waals surface area contributed by atoms with Crippen LogP contribution in [-0.4, -0.2) is 5.91 Å². The van der Waals surface area contributed by atoms with Gasteiger partial charge in [0.25, 0.3) is 5.91 Å². The molecular weight excluding hydrogens is 458 g/mol. The van der Waals surface area contributed by atoms with Crippen LogP contribution in [0.2, 0.25) is 0 Å². The molecule has 0 unspecified atom stereocenters. The van der Waals surface area contributed by atoms with Crippen molar-refractivity contribution in [2.75, 3.05) is 0 Å². The third-order valence-electron chi connectivity index (χ3n) is 6.86. The second-order valence-electron chi connectivity index (χ2n) is 9.11. The molecule has 4 aromatic rings. The van der Waals surface area contributed by atoms with Crippen molar-refractivity contribution in [3.8, 4) is 11.1 Å². The molecule has 0 aromatic heterocycles. The Morgan fingerprint density at radius 1 is 0.833 bits per heavy atom. The van der Waals surface area contributed by atoms with E-state index in [4.69, 9.17) is 10.5 Å². The van der Waals surface area contributed by atoms with E-state index < -0.39 is 11.6 Å². The maximum absolute atomic E-state index is 14.4. The lowest BCUT2D eigenvalue weighted by Crippen LogP contribution is -2.23. The first-order valence-electron chi connectivity index (χ1n) is 11.6. The van der Waals surface area contributed by atoms with Crippen LogP contribution < -0.4 is 11.1 Å². The Hall–Kier alpha value is -4.29. The number of rotatable bonds is 5. The number of hydrogen-bond donors (Lipinski definition) is 2. The number of fused-ring (bicyclic) bond motifs is 8. The molecule has 36 heavy (non-hydrogen) atoms. The number of ether oxygens (including phenoxy) is 1. The molecule has 4 aromatic carbocycles. The van der Waals surface area contributed by atoms with Crippen LogP contribution >= 0.6 is 0 Å². The Balaban J connectivity index is 1.23. The van der Waals surface area contributed by atoms with Crippen molar-refractivity contribution >= 4 is 11.6 Å². The summed E-state index contributed by atoms with van der Waals surface area (Å²) in [7, 11) is 0. The Morgan fingerprint density at radius 2 is 1.50 bits per heavy atom. The molecule has 2 heterocycles. The van der Waals surface area contributed by atoms with E-state index in [-0.39, 0.29) is 18.1 Å². The van der Waals surface area contributed by atoms with Gasteiger partial charge < -0.3 is 15.8 Å². The van der Waals surface area contributed by atoms with Crippen LogP contribution in [0.3, 0.4) is 0 Å². The van der Waals surface area contributed by atoms with Gasteiger partial charge in [-0.25, -0.2) is 8.78 Å². The van der Waals surface area contributed by atoms with E-state index >= 15 is 0 Å². The minimum Gasteiger partial charge on any atom is -0.399 e. The molecule has 0 aliphatic carbocycles. The standard InChI is InChI=1S/C30H22F2N2O2/c1-16(33)18-4-2-17(3-5-18)15-34-30(35)20-7-10-24-26(13-20)29-25-12-19(6-9-23(25)28(24)36-29)22-11-8-21(31)14-27(22)32/h2-14,28-29H,1,15,33H2,(H,34,35)/t28-,29+/m0/s1. The second-order valence-corrected chi connectivity index (χ2v) is 9.11. The highest BCUT2D eigenvalue weighted by atomic mass is 19.1. The SMILES string of the molecule is C=C(N)c1ccc(CNC(=O)c2ccc3c(c2)[C@@H]2O[C@H]3c3ccc(-c4ccc(F)cc4F)cc32)cc1. The van der Waals surface area contributed by atoms with E-state index in [2.05, 4.69) is 11.9 Å². The fourth-order valence-corrected chi connectivity index (χ4v) is 5.00. The Labute approximate surface area is 207 Å². The maximum Gasteiger partial charge on any atom is 0.251 e. The van der Waals surface area contributed by atoms with Crippen molar-refractivity contribution in [2.24, 2.45) is 5.73 Å². The lowest BCUT2D eigenvalue weighted by Gasteiger charge is -2.18. The number of nitrogens with one attached hydrogen (secondary N) is 1.